The van der Waals surface area contributed by atoms with E-state index in [2.05, 4.69) is 19.9 Å². The molecule has 2 nitrogen and oxygen atoms in total. The molecule has 3 heteroatoms. The molecular formula is C15H16NOY-. The maximum absolute atomic E-state index is 9.84. The van der Waals surface area contributed by atoms with Crippen LogP contribution in [0, 0.1) is 0 Å². The summed E-state index contributed by atoms with van der Waals surface area (Å²) in [5, 5.41) is 16.7. The number of aromatic hydroxyl groups is 1. The van der Waals surface area contributed by atoms with Crippen LogP contribution in [-0.4, -0.2) is 10.6 Å². The third-order valence-corrected chi connectivity index (χ3v) is 3.54. The van der Waals surface area contributed by atoms with Gasteiger partial charge in [0, 0.05) is 38.1 Å². The van der Waals surface area contributed by atoms with Gasteiger partial charge in [-0.3, -0.25) is 0 Å². The maximum atomic E-state index is 9.84. The van der Waals surface area contributed by atoms with Crippen molar-refractivity contribution >= 4 is 16.5 Å². The van der Waals surface area contributed by atoms with Crippen LogP contribution in [0.3, 0.4) is 0 Å². The second-order valence-electron chi connectivity index (χ2n) is 5.36. The first-order chi connectivity index (χ1) is 8.07. The van der Waals surface area contributed by atoms with Crippen LogP contribution in [0.1, 0.15) is 25.8 Å². The summed E-state index contributed by atoms with van der Waals surface area (Å²) in [5.74, 6) is 0.357. The van der Waals surface area contributed by atoms with Gasteiger partial charge in [0.1, 0.15) is 5.75 Å². The van der Waals surface area contributed by atoms with E-state index in [0.717, 1.165) is 29.3 Å². The Kier molecular flexibility index (Phi) is 3.71. The van der Waals surface area contributed by atoms with E-state index in [4.69, 9.17) is 5.32 Å². The van der Waals surface area contributed by atoms with Gasteiger partial charge in [0.05, 0.1) is 0 Å². The predicted octanol–water partition coefficient (Wildman–Crippen LogP) is 4.27. The molecular weight excluding hydrogens is 299 g/mol. The molecule has 2 aromatic carbocycles. The van der Waals surface area contributed by atoms with Crippen molar-refractivity contribution in [1.82, 2.24) is 0 Å². The van der Waals surface area contributed by atoms with Gasteiger partial charge in [-0.05, 0) is 17.9 Å². The number of rotatable bonds is 0. The van der Waals surface area contributed by atoms with Gasteiger partial charge < -0.3 is 10.4 Å². The van der Waals surface area contributed by atoms with Crippen LogP contribution in [0.15, 0.2) is 30.3 Å². The summed E-state index contributed by atoms with van der Waals surface area (Å²) >= 11 is 0. The molecule has 0 fully saturated rings. The van der Waals surface area contributed by atoms with Crippen molar-refractivity contribution in [3.63, 3.8) is 0 Å². The van der Waals surface area contributed by atoms with Crippen LogP contribution < -0.4 is 0 Å². The first-order valence-corrected chi connectivity index (χ1v) is 6.03. The molecule has 0 saturated heterocycles. The molecule has 0 bridgehead atoms. The minimum atomic E-state index is 0. The van der Waals surface area contributed by atoms with Crippen LogP contribution in [0.25, 0.3) is 16.1 Å². The van der Waals surface area contributed by atoms with Crippen molar-refractivity contribution in [2.75, 3.05) is 0 Å². The predicted molar refractivity (Wildman–Crippen MR) is 71.0 cm³/mol. The first-order valence-electron chi connectivity index (χ1n) is 6.03. The molecule has 0 unspecified atom stereocenters. The van der Waals surface area contributed by atoms with E-state index in [-0.39, 0.29) is 38.2 Å². The third kappa shape index (κ3) is 2.28. The van der Waals surface area contributed by atoms with Crippen molar-refractivity contribution in [3.05, 3.63) is 41.2 Å². The molecule has 3 rings (SSSR count). The molecule has 0 saturated carbocycles. The average molecular weight is 315 g/mol. The molecule has 1 radical (unpaired) electrons. The van der Waals surface area contributed by atoms with Gasteiger partial charge in [-0.25, -0.2) is 0 Å². The summed E-state index contributed by atoms with van der Waals surface area (Å²) in [6.45, 7) is 4.34. The number of hydrogen-bond donors (Lipinski definition) is 1. The van der Waals surface area contributed by atoms with E-state index in [1.165, 1.54) is 5.56 Å². The average Bonchev–Trinajstić information content (AvgIpc) is 2.27. The summed E-state index contributed by atoms with van der Waals surface area (Å²) < 4.78 is 0. The van der Waals surface area contributed by atoms with E-state index in [1.54, 1.807) is 6.07 Å². The number of fused-ring (bicyclic) bond motifs is 3. The van der Waals surface area contributed by atoms with Gasteiger partial charge in [0.25, 0.3) is 0 Å². The Hall–Kier alpha value is -0.596. The van der Waals surface area contributed by atoms with E-state index in [9.17, 15) is 5.11 Å². The van der Waals surface area contributed by atoms with Crippen LogP contribution >= 0.6 is 0 Å². The molecule has 18 heavy (non-hydrogen) atoms. The Balaban J connectivity index is 0.00000120. The molecule has 1 aliphatic heterocycles. The van der Waals surface area contributed by atoms with E-state index in [0.29, 0.717) is 5.75 Å². The van der Waals surface area contributed by atoms with Crippen molar-refractivity contribution in [3.8, 4) is 5.75 Å². The molecule has 0 aromatic heterocycles. The topological polar surface area (TPSA) is 34.3 Å². The van der Waals surface area contributed by atoms with Gasteiger partial charge in [-0.1, -0.05) is 50.1 Å². The summed E-state index contributed by atoms with van der Waals surface area (Å²) in [7, 11) is 0. The number of phenolic OH excluding ortho intramolecular Hbond substituents is 1. The fraction of sp³-hybridized carbons (Fsp3) is 0.333. The number of aryl methyl sites for hydroxylation is 1. The minimum Gasteiger partial charge on any atom is -0.679 e. The van der Waals surface area contributed by atoms with Crippen molar-refractivity contribution in [2.24, 2.45) is 0 Å². The zero-order chi connectivity index (χ0) is 12.0. The Morgan fingerprint density at radius 3 is 2.67 bits per heavy atom. The first kappa shape index (κ1) is 13.8. The van der Waals surface area contributed by atoms with Crippen LogP contribution in [-0.2, 0) is 39.1 Å². The van der Waals surface area contributed by atoms with Crippen molar-refractivity contribution in [2.45, 2.75) is 32.2 Å². The van der Waals surface area contributed by atoms with E-state index >= 15 is 0 Å². The molecule has 91 valence electrons. The summed E-state index contributed by atoms with van der Waals surface area (Å²) in [4.78, 5) is 0. The normalized spacial score (nSPS) is 16.6. The summed E-state index contributed by atoms with van der Waals surface area (Å²) in [6.07, 6.45) is 2.10. The van der Waals surface area contributed by atoms with E-state index < -0.39 is 0 Å². The SMILES string of the molecule is CC1(C)CCc2c(ccc3c(O)cccc23)[N-]1.[Y]. The fourth-order valence-electron chi connectivity index (χ4n) is 2.57. The zero-order valence-corrected chi connectivity index (χ0v) is 13.6. The summed E-state index contributed by atoms with van der Waals surface area (Å²) in [5.41, 5.74) is 2.40. The molecule has 1 heterocycles. The Morgan fingerprint density at radius 2 is 1.89 bits per heavy atom. The fourth-order valence-corrected chi connectivity index (χ4v) is 2.57. The maximum Gasteiger partial charge on any atom is 0.123 e. The zero-order valence-electron chi connectivity index (χ0n) is 10.8. The number of hydrogen-bond acceptors (Lipinski definition) is 1. The van der Waals surface area contributed by atoms with Crippen molar-refractivity contribution in [1.29, 1.82) is 0 Å². The monoisotopic (exact) mass is 315 g/mol. The van der Waals surface area contributed by atoms with Crippen molar-refractivity contribution < 1.29 is 37.8 Å². The molecule has 0 spiro atoms. The van der Waals surface area contributed by atoms with Crippen LogP contribution in [0.2, 0.25) is 0 Å². The van der Waals surface area contributed by atoms with Crippen LogP contribution in [0.5, 0.6) is 5.75 Å². The number of phenols is 1. The van der Waals surface area contributed by atoms with Crippen LogP contribution in [0.4, 0.5) is 5.69 Å². The Labute approximate surface area is 133 Å². The molecule has 2 aromatic rings. The third-order valence-electron chi connectivity index (χ3n) is 3.54. The molecule has 1 N–H and O–H groups in total. The largest absolute Gasteiger partial charge is 0.679 e. The molecule has 0 amide bonds. The van der Waals surface area contributed by atoms with E-state index in [1.807, 2.05) is 18.2 Å². The van der Waals surface area contributed by atoms with Gasteiger partial charge in [0.2, 0.25) is 0 Å². The van der Waals surface area contributed by atoms with Gasteiger partial charge >= 0.3 is 0 Å². The Morgan fingerprint density at radius 1 is 1.11 bits per heavy atom. The molecule has 0 aliphatic carbocycles. The second kappa shape index (κ2) is 4.82. The smallest absolute Gasteiger partial charge is 0.123 e. The Bertz CT molecular complexity index is 592. The number of nitrogens with zero attached hydrogens (tertiary/aromatic N) is 1. The van der Waals surface area contributed by atoms with Gasteiger partial charge in [0.15, 0.2) is 0 Å². The molecule has 0 atom stereocenters. The van der Waals surface area contributed by atoms with Gasteiger partial charge in [-0.2, -0.15) is 0 Å². The number of benzene rings is 2. The minimum absolute atomic E-state index is 0. The summed E-state index contributed by atoms with van der Waals surface area (Å²) in [6, 6.07) is 9.70. The quantitative estimate of drug-likeness (QED) is 0.774. The van der Waals surface area contributed by atoms with Gasteiger partial charge in [-0.15, -0.1) is 11.2 Å². The molecule has 1 aliphatic rings. The standard InChI is InChI=1S/C15H16NO.Y/c1-15(2)9-8-11-10-4-3-5-14(17)12(10)6-7-13(11)16-15;/h3-7,17H,8-9H2,1-2H3;/q-1;. The second-order valence-corrected chi connectivity index (χ2v) is 5.36.